The predicted molar refractivity (Wildman–Crippen MR) is 134 cm³/mol. The lowest BCUT2D eigenvalue weighted by Crippen LogP contribution is -2.36. The molecule has 0 aliphatic heterocycles. The highest BCUT2D eigenvalue weighted by Gasteiger charge is 2.50. The van der Waals surface area contributed by atoms with E-state index < -0.39 is 17.8 Å². The van der Waals surface area contributed by atoms with Crippen molar-refractivity contribution in [1.82, 2.24) is 0 Å². The van der Waals surface area contributed by atoms with Gasteiger partial charge in [-0.3, -0.25) is 4.79 Å². The number of carbonyl (C=O) groups excluding carboxylic acids is 1. The van der Waals surface area contributed by atoms with Crippen LogP contribution >= 0.6 is 0 Å². The van der Waals surface area contributed by atoms with Crippen molar-refractivity contribution in [3.63, 3.8) is 0 Å². The Morgan fingerprint density at radius 1 is 1.27 bits per heavy atom. The summed E-state index contributed by atoms with van der Waals surface area (Å²) in [5.74, 6) is 1.81. The van der Waals surface area contributed by atoms with E-state index in [9.17, 15) is 15.0 Å². The van der Waals surface area contributed by atoms with Gasteiger partial charge in [0.05, 0.1) is 12.2 Å². The first-order valence-electron chi connectivity index (χ1n) is 13.1. The summed E-state index contributed by atoms with van der Waals surface area (Å²) in [5.41, 5.74) is 3.19. The Labute approximate surface area is 201 Å². The van der Waals surface area contributed by atoms with Gasteiger partial charge in [0, 0.05) is 12.8 Å². The number of hydrogen-bond donors (Lipinski definition) is 2. The van der Waals surface area contributed by atoms with Gasteiger partial charge in [0.15, 0.2) is 0 Å². The van der Waals surface area contributed by atoms with Gasteiger partial charge in [-0.05, 0) is 106 Å². The normalized spacial score (nSPS) is 36.2. The van der Waals surface area contributed by atoms with Crippen molar-refractivity contribution in [2.45, 2.75) is 117 Å². The number of carbonyl (C=O) groups is 1. The van der Waals surface area contributed by atoms with Crippen LogP contribution in [0.4, 0.5) is 0 Å². The maximum atomic E-state index is 12.1. The van der Waals surface area contributed by atoms with Gasteiger partial charge in [0.25, 0.3) is 0 Å². The number of esters is 1. The van der Waals surface area contributed by atoms with Crippen molar-refractivity contribution in [3.05, 3.63) is 35.5 Å². The van der Waals surface area contributed by atoms with Gasteiger partial charge in [-0.2, -0.15) is 0 Å². The van der Waals surface area contributed by atoms with Crippen LogP contribution in [0.1, 0.15) is 98.8 Å². The minimum absolute atomic E-state index is 0.0827. The Bertz CT molecular complexity index is 786. The van der Waals surface area contributed by atoms with Gasteiger partial charge < -0.3 is 14.9 Å². The summed E-state index contributed by atoms with van der Waals surface area (Å²) in [7, 11) is 0. The average Bonchev–Trinajstić information content (AvgIpc) is 3.05. The Morgan fingerprint density at radius 2 is 2.00 bits per heavy atom. The maximum Gasteiger partial charge on any atom is 0.306 e. The van der Waals surface area contributed by atoms with Gasteiger partial charge in [-0.15, -0.1) is 0 Å². The summed E-state index contributed by atoms with van der Waals surface area (Å²) in [4.78, 5) is 12.1. The summed E-state index contributed by atoms with van der Waals surface area (Å²) in [6.07, 6.45) is 12.9. The van der Waals surface area contributed by atoms with E-state index in [1.807, 2.05) is 20.8 Å². The minimum atomic E-state index is -0.632. The third-order valence-electron chi connectivity index (χ3n) is 8.45. The topological polar surface area (TPSA) is 66.8 Å². The van der Waals surface area contributed by atoms with Crippen molar-refractivity contribution < 1.29 is 19.7 Å². The highest BCUT2D eigenvalue weighted by molar-refractivity contribution is 5.69. The van der Waals surface area contributed by atoms with Crippen LogP contribution in [0, 0.1) is 23.2 Å². The van der Waals surface area contributed by atoms with Crippen LogP contribution < -0.4 is 0 Å². The average molecular weight is 459 g/mol. The Morgan fingerprint density at radius 3 is 2.70 bits per heavy atom. The Hall–Kier alpha value is -1.39. The lowest BCUT2D eigenvalue weighted by Gasteiger charge is -2.44. The maximum absolute atomic E-state index is 12.1. The van der Waals surface area contributed by atoms with Crippen LogP contribution in [0.3, 0.4) is 0 Å². The molecule has 2 N–H and O–H groups in total. The quantitative estimate of drug-likeness (QED) is 0.460. The summed E-state index contributed by atoms with van der Waals surface area (Å²) < 4.78 is 5.47. The summed E-state index contributed by atoms with van der Waals surface area (Å²) in [5, 5.41) is 20.2. The Kier molecular flexibility index (Phi) is 8.32. The molecule has 4 nitrogen and oxygen atoms in total. The van der Waals surface area contributed by atoms with Crippen molar-refractivity contribution in [3.8, 4) is 0 Å². The van der Waals surface area contributed by atoms with Gasteiger partial charge >= 0.3 is 5.97 Å². The smallest absolute Gasteiger partial charge is 0.306 e. The zero-order chi connectivity index (χ0) is 24.4. The summed E-state index contributed by atoms with van der Waals surface area (Å²) in [6.45, 7) is 14.7. The molecule has 0 bridgehead atoms. The zero-order valence-corrected chi connectivity index (χ0v) is 21.5. The molecule has 33 heavy (non-hydrogen) atoms. The molecule has 0 heterocycles. The van der Waals surface area contributed by atoms with Crippen LogP contribution in [-0.2, 0) is 9.53 Å². The second kappa shape index (κ2) is 10.5. The Balaban J connectivity index is 1.63. The molecule has 0 aromatic rings. The van der Waals surface area contributed by atoms with Crippen LogP contribution in [0.2, 0.25) is 0 Å². The highest BCUT2D eigenvalue weighted by atomic mass is 16.6. The molecule has 0 radical (unpaired) electrons. The van der Waals surface area contributed by atoms with E-state index in [1.165, 1.54) is 31.3 Å². The standard InChI is InChI=1S/C29H46O4/c1-19(9-7-11-27(32)33-28(3,4)5)24-14-15-25-21(10-8-16-29(24,25)6)12-13-22-17-23(30)18-26(31)20(22)2/h12-13,19,23-26,30-31H,2,7-11,14-18H2,1,3-6H3/b21-12+,22-13-/t19-,23-,24+,25-,26-,29+/m0/s1. The van der Waals surface area contributed by atoms with Crippen molar-refractivity contribution in [2.24, 2.45) is 23.2 Å². The molecule has 3 fully saturated rings. The van der Waals surface area contributed by atoms with Crippen LogP contribution in [-0.4, -0.2) is 34.0 Å². The third kappa shape index (κ3) is 6.39. The van der Waals surface area contributed by atoms with Crippen LogP contribution in [0.15, 0.2) is 35.5 Å². The lowest BCUT2D eigenvalue weighted by molar-refractivity contribution is -0.155. The third-order valence-corrected chi connectivity index (χ3v) is 8.45. The van der Waals surface area contributed by atoms with Gasteiger partial charge in [-0.25, -0.2) is 0 Å². The lowest BCUT2D eigenvalue weighted by atomic mass is 9.60. The van der Waals surface area contributed by atoms with Crippen LogP contribution in [0.25, 0.3) is 0 Å². The van der Waals surface area contributed by atoms with E-state index >= 15 is 0 Å². The van der Waals surface area contributed by atoms with E-state index in [4.69, 9.17) is 4.74 Å². The molecule has 0 spiro atoms. The number of rotatable bonds is 6. The number of fused-ring (bicyclic) bond motifs is 1. The first-order valence-corrected chi connectivity index (χ1v) is 13.1. The molecule has 4 heteroatoms. The second-order valence-electron chi connectivity index (χ2n) is 12.1. The molecular weight excluding hydrogens is 412 g/mol. The molecule has 3 aliphatic rings. The highest BCUT2D eigenvalue weighted by Crippen LogP contribution is 2.59. The van der Waals surface area contributed by atoms with Gasteiger partial charge in [0.2, 0.25) is 0 Å². The fourth-order valence-electron chi connectivity index (χ4n) is 6.84. The van der Waals surface area contributed by atoms with E-state index in [-0.39, 0.29) is 5.97 Å². The van der Waals surface area contributed by atoms with E-state index in [0.29, 0.717) is 42.4 Å². The molecular formula is C29H46O4. The largest absolute Gasteiger partial charge is 0.460 e. The molecule has 0 saturated heterocycles. The molecule has 0 aromatic heterocycles. The number of aliphatic hydroxyl groups is 2. The molecule has 0 aromatic carbocycles. The first-order chi connectivity index (χ1) is 15.4. The van der Waals surface area contributed by atoms with E-state index in [1.54, 1.807) is 0 Å². The SMILES string of the molecule is C=C1/C(=C\C=C2/CCC[C@]3(C)[C@@H]([C@@H](C)CCCC(=O)OC(C)(C)C)CC[C@@H]23)C[C@H](O)C[C@@H]1O. The molecule has 3 aliphatic carbocycles. The minimum Gasteiger partial charge on any atom is -0.460 e. The van der Waals surface area contributed by atoms with Crippen molar-refractivity contribution >= 4 is 5.97 Å². The fraction of sp³-hybridized carbons (Fsp3) is 0.759. The zero-order valence-electron chi connectivity index (χ0n) is 21.5. The molecule has 0 unspecified atom stereocenters. The molecule has 186 valence electrons. The van der Waals surface area contributed by atoms with Crippen molar-refractivity contribution in [2.75, 3.05) is 0 Å². The molecule has 3 saturated carbocycles. The van der Waals surface area contributed by atoms with Gasteiger partial charge in [0.1, 0.15) is 5.60 Å². The fourth-order valence-corrected chi connectivity index (χ4v) is 6.84. The predicted octanol–water partition coefficient (Wildman–Crippen LogP) is 6.28. The number of hydrogen-bond acceptors (Lipinski definition) is 4. The summed E-state index contributed by atoms with van der Waals surface area (Å²) >= 11 is 0. The monoisotopic (exact) mass is 458 g/mol. The van der Waals surface area contributed by atoms with Gasteiger partial charge in [-0.1, -0.05) is 38.2 Å². The van der Waals surface area contributed by atoms with Crippen molar-refractivity contribution in [1.29, 1.82) is 0 Å². The number of aliphatic hydroxyl groups excluding tert-OH is 2. The molecule has 3 rings (SSSR count). The van der Waals surface area contributed by atoms with E-state index in [0.717, 1.165) is 30.4 Å². The second-order valence-corrected chi connectivity index (χ2v) is 12.1. The van der Waals surface area contributed by atoms with Crippen LogP contribution in [0.5, 0.6) is 0 Å². The van der Waals surface area contributed by atoms with E-state index in [2.05, 4.69) is 32.6 Å². The summed E-state index contributed by atoms with van der Waals surface area (Å²) in [6, 6.07) is 0. The number of allylic oxidation sites excluding steroid dienone is 3. The number of ether oxygens (including phenoxy) is 1. The molecule has 6 atom stereocenters. The first kappa shape index (κ1) is 26.2. The molecule has 0 amide bonds.